The van der Waals surface area contributed by atoms with Crippen LogP contribution >= 0.6 is 0 Å². The molecule has 2 rings (SSSR count). The van der Waals surface area contributed by atoms with Crippen molar-refractivity contribution in [1.29, 1.82) is 0 Å². The van der Waals surface area contributed by atoms with Crippen LogP contribution in [-0.4, -0.2) is 32.7 Å². The lowest BCUT2D eigenvalue weighted by atomic mass is 10.2. The topological polar surface area (TPSA) is 98.7 Å². The Hall–Kier alpha value is -2.79. The van der Waals surface area contributed by atoms with Gasteiger partial charge in [0.15, 0.2) is 0 Å². The van der Waals surface area contributed by atoms with Gasteiger partial charge in [-0.25, -0.2) is 9.07 Å². The van der Waals surface area contributed by atoms with Gasteiger partial charge in [0.2, 0.25) is 5.91 Å². The molecule has 3 N–H and O–H groups in total. The average Bonchev–Trinajstić information content (AvgIpc) is 2.92. The fourth-order valence-electron chi connectivity index (χ4n) is 1.44. The molecule has 0 saturated heterocycles. The lowest BCUT2D eigenvalue weighted by Crippen LogP contribution is -2.19. The van der Waals surface area contributed by atoms with Crippen molar-refractivity contribution in [3.63, 3.8) is 0 Å². The summed E-state index contributed by atoms with van der Waals surface area (Å²) in [5, 5.41) is 12.8. The largest absolute Gasteiger partial charge is 0.322 e. The van der Waals surface area contributed by atoms with Crippen LogP contribution in [0.5, 0.6) is 0 Å². The molecule has 0 saturated carbocycles. The summed E-state index contributed by atoms with van der Waals surface area (Å²) in [5.41, 5.74) is 5.79. The maximum absolute atomic E-state index is 13.8. The van der Waals surface area contributed by atoms with E-state index in [1.54, 1.807) is 6.07 Å². The van der Waals surface area contributed by atoms with E-state index in [1.165, 1.54) is 23.1 Å². The predicted octanol–water partition coefficient (Wildman–Crippen LogP) is -0.239. The fraction of sp³-hybridized carbons (Fsp3) is 0.167. The molecule has 8 heteroatoms. The number of hydrogen-bond acceptors (Lipinski definition) is 5. The van der Waals surface area contributed by atoms with Crippen LogP contribution in [0.4, 0.5) is 10.1 Å². The molecule has 20 heavy (non-hydrogen) atoms. The van der Waals surface area contributed by atoms with E-state index in [9.17, 15) is 9.18 Å². The van der Waals surface area contributed by atoms with Crippen LogP contribution in [0.1, 0.15) is 5.56 Å². The molecular weight excluding hydrogens is 263 g/mol. The van der Waals surface area contributed by atoms with Crippen LogP contribution in [0.25, 0.3) is 0 Å². The van der Waals surface area contributed by atoms with Crippen LogP contribution in [0.15, 0.2) is 24.5 Å². The number of hydrogen-bond donors (Lipinski definition) is 2. The molecule has 0 aliphatic heterocycles. The number of rotatable bonds is 3. The second-order valence-corrected chi connectivity index (χ2v) is 3.76. The van der Waals surface area contributed by atoms with Crippen LogP contribution in [-0.2, 0) is 11.3 Å². The third-order valence-corrected chi connectivity index (χ3v) is 2.28. The zero-order valence-corrected chi connectivity index (χ0v) is 10.4. The first-order valence-corrected chi connectivity index (χ1v) is 5.68. The zero-order chi connectivity index (χ0) is 14.4. The molecule has 2 aromatic rings. The standard InChI is InChI=1S/C12H11FN6O/c13-10-6-9(2-1-5-14)3-4-11(10)16-12(20)7-19-8-15-17-18-19/h3-4,6,8H,5,7,14H2,(H,16,20). The quantitative estimate of drug-likeness (QED) is 0.753. The Morgan fingerprint density at radius 2 is 2.35 bits per heavy atom. The third-order valence-electron chi connectivity index (χ3n) is 2.28. The average molecular weight is 274 g/mol. The molecule has 0 aliphatic carbocycles. The first kappa shape index (κ1) is 13.6. The number of carbonyl (C=O) groups is 1. The van der Waals surface area contributed by atoms with Gasteiger partial charge in [0.25, 0.3) is 0 Å². The lowest BCUT2D eigenvalue weighted by molar-refractivity contribution is -0.117. The minimum absolute atomic E-state index is 0.0707. The maximum atomic E-state index is 13.8. The molecule has 0 aliphatic rings. The smallest absolute Gasteiger partial charge is 0.246 e. The molecule has 0 unspecified atom stereocenters. The highest BCUT2D eigenvalue weighted by Gasteiger charge is 2.08. The number of nitrogens with two attached hydrogens (primary N) is 1. The van der Waals surface area contributed by atoms with E-state index in [1.807, 2.05) is 0 Å². The molecule has 7 nitrogen and oxygen atoms in total. The first-order chi connectivity index (χ1) is 9.69. The van der Waals surface area contributed by atoms with Gasteiger partial charge in [-0.15, -0.1) is 5.10 Å². The molecule has 1 amide bonds. The number of anilines is 1. The molecule has 0 spiro atoms. The van der Waals surface area contributed by atoms with E-state index in [0.29, 0.717) is 5.56 Å². The first-order valence-electron chi connectivity index (χ1n) is 5.68. The van der Waals surface area contributed by atoms with Crippen molar-refractivity contribution in [2.75, 3.05) is 11.9 Å². The molecule has 1 aromatic heterocycles. The van der Waals surface area contributed by atoms with E-state index in [4.69, 9.17) is 5.73 Å². The van der Waals surface area contributed by atoms with Gasteiger partial charge in [-0.05, 0) is 28.6 Å². The number of carbonyl (C=O) groups excluding carboxylic acids is 1. The van der Waals surface area contributed by atoms with Crippen molar-refractivity contribution in [2.24, 2.45) is 5.73 Å². The molecule has 0 radical (unpaired) electrons. The maximum Gasteiger partial charge on any atom is 0.246 e. The van der Waals surface area contributed by atoms with Crippen molar-refractivity contribution in [1.82, 2.24) is 20.2 Å². The van der Waals surface area contributed by atoms with Gasteiger partial charge in [-0.2, -0.15) is 0 Å². The van der Waals surface area contributed by atoms with Crippen molar-refractivity contribution >= 4 is 11.6 Å². The van der Waals surface area contributed by atoms with E-state index in [2.05, 4.69) is 32.7 Å². The lowest BCUT2D eigenvalue weighted by Gasteiger charge is -2.06. The van der Waals surface area contributed by atoms with Crippen LogP contribution < -0.4 is 11.1 Å². The molecule has 0 atom stereocenters. The number of amides is 1. The van der Waals surface area contributed by atoms with Crippen molar-refractivity contribution < 1.29 is 9.18 Å². The highest BCUT2D eigenvalue weighted by molar-refractivity contribution is 5.90. The summed E-state index contributed by atoms with van der Waals surface area (Å²) < 4.78 is 15.0. The monoisotopic (exact) mass is 274 g/mol. The summed E-state index contributed by atoms with van der Waals surface area (Å²) in [6.45, 7) is 0.104. The minimum atomic E-state index is -0.570. The summed E-state index contributed by atoms with van der Waals surface area (Å²) in [7, 11) is 0. The normalized spacial score (nSPS) is 9.70. The van der Waals surface area contributed by atoms with E-state index >= 15 is 0 Å². The predicted molar refractivity (Wildman–Crippen MR) is 68.8 cm³/mol. The molecule has 102 valence electrons. The van der Waals surface area contributed by atoms with Crippen LogP contribution in [0, 0.1) is 17.7 Å². The Bertz CT molecular complexity index is 658. The number of aromatic nitrogens is 4. The second kappa shape index (κ2) is 6.40. The van der Waals surface area contributed by atoms with Gasteiger partial charge in [0.1, 0.15) is 18.7 Å². The summed E-state index contributed by atoms with van der Waals surface area (Å²) >= 11 is 0. The molecule has 1 heterocycles. The number of nitrogens with zero attached hydrogens (tertiary/aromatic N) is 4. The molecule has 1 aromatic carbocycles. The molecule has 0 bridgehead atoms. The Morgan fingerprint density at radius 1 is 1.50 bits per heavy atom. The number of nitrogens with one attached hydrogen (secondary N) is 1. The van der Waals surface area contributed by atoms with Crippen molar-refractivity contribution in [3.05, 3.63) is 35.9 Å². The van der Waals surface area contributed by atoms with Gasteiger partial charge in [-0.1, -0.05) is 11.8 Å². The van der Waals surface area contributed by atoms with Gasteiger partial charge in [-0.3, -0.25) is 4.79 Å². The summed E-state index contributed by atoms with van der Waals surface area (Å²) in [6, 6.07) is 4.26. The Morgan fingerprint density at radius 3 is 3.00 bits per heavy atom. The van der Waals surface area contributed by atoms with E-state index < -0.39 is 11.7 Å². The fourth-order valence-corrected chi connectivity index (χ4v) is 1.44. The Balaban J connectivity index is 2.04. The summed E-state index contributed by atoms with van der Waals surface area (Å²) in [5.74, 6) is 4.32. The van der Waals surface area contributed by atoms with Crippen LogP contribution in [0.2, 0.25) is 0 Å². The van der Waals surface area contributed by atoms with Crippen molar-refractivity contribution in [2.45, 2.75) is 6.54 Å². The van der Waals surface area contributed by atoms with Crippen LogP contribution in [0.3, 0.4) is 0 Å². The minimum Gasteiger partial charge on any atom is -0.322 e. The highest BCUT2D eigenvalue weighted by Crippen LogP contribution is 2.15. The van der Waals surface area contributed by atoms with E-state index in [0.717, 1.165) is 0 Å². The van der Waals surface area contributed by atoms with Gasteiger partial charge < -0.3 is 11.1 Å². The van der Waals surface area contributed by atoms with Crippen molar-refractivity contribution in [3.8, 4) is 11.8 Å². The van der Waals surface area contributed by atoms with Gasteiger partial charge >= 0.3 is 0 Å². The summed E-state index contributed by atoms with van der Waals surface area (Å²) in [4.78, 5) is 11.7. The highest BCUT2D eigenvalue weighted by atomic mass is 19.1. The summed E-state index contributed by atoms with van der Waals surface area (Å²) in [6.07, 6.45) is 1.29. The Labute approximate surface area is 114 Å². The molecular formula is C12H11FN6O. The zero-order valence-electron chi connectivity index (χ0n) is 10.4. The third kappa shape index (κ3) is 3.60. The number of halogens is 1. The second-order valence-electron chi connectivity index (χ2n) is 3.76. The number of benzene rings is 1. The number of tetrazole rings is 1. The van der Waals surface area contributed by atoms with Gasteiger partial charge in [0.05, 0.1) is 12.2 Å². The van der Waals surface area contributed by atoms with Gasteiger partial charge in [0, 0.05) is 5.56 Å². The SMILES string of the molecule is NCC#Cc1ccc(NC(=O)Cn2cnnn2)c(F)c1. The van der Waals surface area contributed by atoms with E-state index in [-0.39, 0.29) is 18.8 Å². The molecule has 0 fully saturated rings. The Kier molecular flexibility index (Phi) is 4.36.